The maximum absolute atomic E-state index is 13.5. The predicted octanol–water partition coefficient (Wildman–Crippen LogP) is 3.75. The van der Waals surface area contributed by atoms with E-state index in [0.717, 1.165) is 0 Å². The van der Waals surface area contributed by atoms with E-state index >= 15 is 0 Å². The molecule has 1 amide bonds. The van der Waals surface area contributed by atoms with E-state index in [1.54, 1.807) is 45.0 Å². The molecule has 0 spiro atoms. The number of nitrogens with one attached hydrogen (secondary N) is 1. The zero-order valence-corrected chi connectivity index (χ0v) is 19.3. The normalized spacial score (nSPS) is 11.8. The van der Waals surface area contributed by atoms with Crippen LogP contribution in [-0.4, -0.2) is 35.8 Å². The van der Waals surface area contributed by atoms with Gasteiger partial charge in [-0.15, -0.1) is 0 Å². The molecule has 2 aromatic heterocycles. The summed E-state index contributed by atoms with van der Waals surface area (Å²) in [6.07, 6.45) is 1.42. The van der Waals surface area contributed by atoms with Crippen molar-refractivity contribution in [1.82, 2.24) is 9.97 Å². The molecule has 7 nitrogen and oxygen atoms in total. The number of carbonyl (C=O) groups excluding carboxylic acids is 2. The second kappa shape index (κ2) is 9.58. The summed E-state index contributed by atoms with van der Waals surface area (Å²) in [5.41, 5.74) is 0.438. The molecular weight excluding hydrogens is 445 g/mol. The van der Waals surface area contributed by atoms with E-state index in [9.17, 15) is 22.4 Å². The van der Waals surface area contributed by atoms with Crippen LogP contribution in [0.15, 0.2) is 65.7 Å². The quantitative estimate of drug-likeness (QED) is 0.398. The number of halogens is 1. The van der Waals surface area contributed by atoms with Crippen LogP contribution in [0.2, 0.25) is 0 Å². The van der Waals surface area contributed by atoms with Crippen LogP contribution in [0.5, 0.6) is 0 Å². The van der Waals surface area contributed by atoms with E-state index in [-0.39, 0.29) is 34.5 Å². The second-order valence-electron chi connectivity index (χ2n) is 8.00. The molecule has 0 saturated heterocycles. The van der Waals surface area contributed by atoms with Gasteiger partial charge in [0.15, 0.2) is 15.6 Å². The number of benzene rings is 1. The lowest BCUT2D eigenvalue weighted by atomic mass is 9.82. The Morgan fingerprint density at radius 3 is 2.30 bits per heavy atom. The van der Waals surface area contributed by atoms with E-state index in [1.807, 2.05) is 0 Å². The molecule has 0 unspecified atom stereocenters. The Labute approximate surface area is 192 Å². The van der Waals surface area contributed by atoms with E-state index in [0.29, 0.717) is 16.9 Å². The zero-order chi connectivity index (χ0) is 24.2. The average Bonchev–Trinajstić information content (AvgIpc) is 2.79. The van der Waals surface area contributed by atoms with Crippen molar-refractivity contribution in [3.8, 4) is 0 Å². The molecule has 0 radical (unpaired) electrons. The summed E-state index contributed by atoms with van der Waals surface area (Å²) in [7, 11) is -3.29. The predicted molar refractivity (Wildman–Crippen MR) is 122 cm³/mol. The SMILES string of the molecule is CCS(=O)(=O)c1ccc(CC(=O)Nc2ccc(C(=O)C(C)(C)c3cccc(F)n3)nc2)cc1. The first-order chi connectivity index (χ1) is 15.5. The number of rotatable bonds is 8. The highest BCUT2D eigenvalue weighted by Crippen LogP contribution is 2.26. The monoisotopic (exact) mass is 469 g/mol. The fourth-order valence-electron chi connectivity index (χ4n) is 3.17. The number of sulfone groups is 1. The molecule has 0 aliphatic heterocycles. The van der Waals surface area contributed by atoms with Crippen LogP contribution in [0.1, 0.15) is 42.5 Å². The van der Waals surface area contributed by atoms with Gasteiger partial charge in [-0.1, -0.05) is 25.1 Å². The number of Topliss-reactive ketones (excluding diaryl/α,β-unsaturated/α-hetero) is 1. The topological polar surface area (TPSA) is 106 Å². The van der Waals surface area contributed by atoms with Gasteiger partial charge in [0.2, 0.25) is 11.9 Å². The van der Waals surface area contributed by atoms with Crippen molar-refractivity contribution in [2.24, 2.45) is 0 Å². The van der Waals surface area contributed by atoms with Crippen molar-refractivity contribution in [3.05, 3.63) is 83.7 Å². The van der Waals surface area contributed by atoms with E-state index in [4.69, 9.17) is 0 Å². The average molecular weight is 470 g/mol. The van der Waals surface area contributed by atoms with Crippen LogP contribution in [0.25, 0.3) is 0 Å². The number of nitrogens with zero attached hydrogens (tertiary/aromatic N) is 2. The summed E-state index contributed by atoms with van der Waals surface area (Å²) >= 11 is 0. The molecular formula is C24H24FN3O4S. The van der Waals surface area contributed by atoms with Crippen LogP contribution in [0.3, 0.4) is 0 Å². The summed E-state index contributed by atoms with van der Waals surface area (Å²) < 4.78 is 37.2. The Hall–Kier alpha value is -3.46. The van der Waals surface area contributed by atoms with Crippen LogP contribution >= 0.6 is 0 Å². The second-order valence-corrected chi connectivity index (χ2v) is 10.3. The van der Waals surface area contributed by atoms with Gasteiger partial charge in [-0.05, 0) is 55.8 Å². The fraction of sp³-hybridized carbons (Fsp3) is 0.250. The molecule has 0 fully saturated rings. The number of amides is 1. The van der Waals surface area contributed by atoms with Gasteiger partial charge in [-0.3, -0.25) is 14.6 Å². The number of pyridine rings is 2. The third-order valence-electron chi connectivity index (χ3n) is 5.23. The number of hydrogen-bond donors (Lipinski definition) is 1. The van der Waals surface area contributed by atoms with Crippen LogP contribution in [0, 0.1) is 5.95 Å². The summed E-state index contributed by atoms with van der Waals surface area (Å²) in [5, 5.41) is 2.70. The molecule has 2 heterocycles. The molecule has 0 aliphatic rings. The fourth-order valence-corrected chi connectivity index (χ4v) is 4.05. The summed E-state index contributed by atoms with van der Waals surface area (Å²) in [6, 6.07) is 13.5. The Morgan fingerprint density at radius 2 is 1.73 bits per heavy atom. The minimum atomic E-state index is -3.29. The lowest BCUT2D eigenvalue weighted by molar-refractivity contribution is -0.115. The molecule has 3 aromatic rings. The molecule has 9 heteroatoms. The van der Waals surface area contributed by atoms with Gasteiger partial charge in [0.25, 0.3) is 0 Å². The van der Waals surface area contributed by atoms with Gasteiger partial charge >= 0.3 is 0 Å². The first kappa shape index (κ1) is 24.2. The molecule has 3 rings (SSSR count). The standard InChI is InChI=1S/C24H24FN3O4S/c1-4-33(31,32)18-11-8-16(9-12-18)14-22(29)27-17-10-13-19(26-15-17)23(30)24(2,3)20-6-5-7-21(25)28-20/h5-13,15H,4,14H2,1-3H3,(H,27,29). The van der Waals surface area contributed by atoms with Gasteiger partial charge in [0.1, 0.15) is 5.69 Å². The summed E-state index contributed by atoms with van der Waals surface area (Å²) in [6.45, 7) is 4.86. The highest BCUT2D eigenvalue weighted by atomic mass is 32.2. The lowest BCUT2D eigenvalue weighted by Crippen LogP contribution is -2.31. The van der Waals surface area contributed by atoms with E-state index < -0.39 is 21.2 Å². The maximum Gasteiger partial charge on any atom is 0.228 e. The van der Waals surface area contributed by atoms with Crippen molar-refractivity contribution in [1.29, 1.82) is 0 Å². The first-order valence-electron chi connectivity index (χ1n) is 10.3. The highest BCUT2D eigenvalue weighted by Gasteiger charge is 2.33. The van der Waals surface area contributed by atoms with Crippen molar-refractivity contribution in [2.75, 3.05) is 11.1 Å². The largest absolute Gasteiger partial charge is 0.324 e. The number of ketones is 1. The summed E-state index contributed by atoms with van der Waals surface area (Å²) in [5.74, 6) is -1.30. The number of hydrogen-bond acceptors (Lipinski definition) is 6. The van der Waals surface area contributed by atoms with E-state index in [2.05, 4.69) is 15.3 Å². The van der Waals surface area contributed by atoms with E-state index in [1.165, 1.54) is 36.5 Å². The lowest BCUT2D eigenvalue weighted by Gasteiger charge is -2.22. The molecule has 1 aromatic carbocycles. The molecule has 0 saturated carbocycles. The van der Waals surface area contributed by atoms with Crippen LogP contribution in [-0.2, 0) is 26.5 Å². The smallest absolute Gasteiger partial charge is 0.228 e. The van der Waals surface area contributed by atoms with Gasteiger partial charge in [-0.25, -0.2) is 13.4 Å². The van der Waals surface area contributed by atoms with Crippen molar-refractivity contribution in [3.63, 3.8) is 0 Å². The highest BCUT2D eigenvalue weighted by molar-refractivity contribution is 7.91. The van der Waals surface area contributed by atoms with Crippen molar-refractivity contribution < 1.29 is 22.4 Å². The third-order valence-corrected chi connectivity index (χ3v) is 6.98. The number of anilines is 1. The Morgan fingerprint density at radius 1 is 1.03 bits per heavy atom. The third kappa shape index (κ3) is 5.67. The molecule has 33 heavy (non-hydrogen) atoms. The molecule has 1 N–H and O–H groups in total. The van der Waals surface area contributed by atoms with Gasteiger partial charge in [0, 0.05) is 0 Å². The van der Waals surface area contributed by atoms with Gasteiger partial charge in [-0.2, -0.15) is 4.39 Å². The maximum atomic E-state index is 13.5. The summed E-state index contributed by atoms with van der Waals surface area (Å²) in [4.78, 5) is 33.4. The van der Waals surface area contributed by atoms with Crippen molar-refractivity contribution in [2.45, 2.75) is 37.5 Å². The zero-order valence-electron chi connectivity index (χ0n) is 18.5. The molecule has 0 bridgehead atoms. The molecule has 0 atom stereocenters. The van der Waals surface area contributed by atoms with Gasteiger partial charge < -0.3 is 5.32 Å². The Balaban J connectivity index is 1.65. The Kier molecular flexibility index (Phi) is 7.02. The van der Waals surface area contributed by atoms with Gasteiger partial charge in [0.05, 0.1) is 40.1 Å². The first-order valence-corrected chi connectivity index (χ1v) is 11.9. The Bertz CT molecular complexity index is 1270. The van der Waals surface area contributed by atoms with Crippen LogP contribution < -0.4 is 5.32 Å². The van der Waals surface area contributed by atoms with Crippen molar-refractivity contribution >= 4 is 27.2 Å². The number of aromatic nitrogens is 2. The molecule has 0 aliphatic carbocycles. The minimum Gasteiger partial charge on any atom is -0.324 e. The minimum absolute atomic E-state index is 0.00820. The van der Waals surface area contributed by atoms with Crippen LogP contribution in [0.4, 0.5) is 10.1 Å². The number of carbonyl (C=O) groups is 2. The molecule has 172 valence electrons.